The fourth-order valence-corrected chi connectivity index (χ4v) is 2.84. The molecule has 1 saturated heterocycles. The van der Waals surface area contributed by atoms with Crippen molar-refractivity contribution in [2.45, 2.75) is 12.8 Å². The highest BCUT2D eigenvalue weighted by atomic mass is 35.5. The molecule has 1 aromatic heterocycles. The summed E-state index contributed by atoms with van der Waals surface area (Å²) in [5, 5.41) is 1.57. The number of carbonyl (C=O) groups excluding carboxylic acids is 2. The molecule has 4 nitrogen and oxygen atoms in total. The Bertz CT molecular complexity index is 714. The van der Waals surface area contributed by atoms with Gasteiger partial charge in [-0.05, 0) is 24.1 Å². The van der Waals surface area contributed by atoms with E-state index >= 15 is 0 Å². The molecule has 0 N–H and O–H groups in total. The van der Waals surface area contributed by atoms with Crippen LogP contribution in [-0.4, -0.2) is 28.7 Å². The molecule has 1 fully saturated rings. The minimum Gasteiger partial charge on any atom is -0.285 e. The molecule has 1 unspecified atom stereocenters. The highest BCUT2D eigenvalue weighted by molar-refractivity contribution is 6.32. The van der Waals surface area contributed by atoms with Crippen molar-refractivity contribution in [2.24, 2.45) is 5.92 Å². The first-order chi connectivity index (χ1) is 9.58. The van der Waals surface area contributed by atoms with Crippen molar-refractivity contribution in [3.8, 4) is 0 Å². The number of aromatic nitrogens is 1. The molecule has 1 aromatic carbocycles. The Morgan fingerprint density at radius 1 is 1.35 bits per heavy atom. The van der Waals surface area contributed by atoms with Gasteiger partial charge >= 0.3 is 0 Å². The maximum Gasteiger partial charge on any atom is 0.232 e. The van der Waals surface area contributed by atoms with Crippen molar-refractivity contribution in [2.75, 3.05) is 7.05 Å². The molecule has 0 bridgehead atoms. The van der Waals surface area contributed by atoms with Crippen LogP contribution in [-0.2, 0) is 16.0 Å². The number of hydrogen-bond acceptors (Lipinski definition) is 3. The van der Waals surface area contributed by atoms with E-state index in [1.165, 1.54) is 11.9 Å². The number of nitrogens with zero attached hydrogens (tertiary/aromatic N) is 2. The SMILES string of the molecule is CN1C(=O)CC(Cc2c(Cl)ccc3cccnc23)C1=O. The first-order valence-corrected chi connectivity index (χ1v) is 6.78. The van der Waals surface area contributed by atoms with Crippen LogP contribution in [0.3, 0.4) is 0 Å². The van der Waals surface area contributed by atoms with E-state index in [4.69, 9.17) is 11.6 Å². The molecule has 5 heteroatoms. The lowest BCUT2D eigenvalue weighted by Crippen LogP contribution is -2.26. The van der Waals surface area contributed by atoms with Crippen molar-refractivity contribution in [3.63, 3.8) is 0 Å². The third kappa shape index (κ3) is 2.06. The Kier molecular flexibility index (Phi) is 3.18. The van der Waals surface area contributed by atoms with Crippen LogP contribution in [0.1, 0.15) is 12.0 Å². The Morgan fingerprint density at radius 3 is 2.85 bits per heavy atom. The molecule has 0 saturated carbocycles. The fourth-order valence-electron chi connectivity index (χ4n) is 2.61. The number of pyridine rings is 1. The minimum absolute atomic E-state index is 0.135. The van der Waals surface area contributed by atoms with E-state index in [2.05, 4.69) is 4.98 Å². The van der Waals surface area contributed by atoms with Gasteiger partial charge in [-0.3, -0.25) is 19.5 Å². The van der Waals surface area contributed by atoms with Crippen molar-refractivity contribution < 1.29 is 9.59 Å². The second-order valence-electron chi connectivity index (χ2n) is 5.00. The molecule has 20 heavy (non-hydrogen) atoms. The van der Waals surface area contributed by atoms with Crippen LogP contribution in [0.25, 0.3) is 10.9 Å². The topological polar surface area (TPSA) is 50.3 Å². The normalized spacial score (nSPS) is 19.1. The molecule has 102 valence electrons. The van der Waals surface area contributed by atoms with Crippen LogP contribution in [0.15, 0.2) is 30.5 Å². The molecule has 2 aromatic rings. The average Bonchev–Trinajstić information content (AvgIpc) is 2.69. The number of fused-ring (bicyclic) bond motifs is 1. The first-order valence-electron chi connectivity index (χ1n) is 6.40. The van der Waals surface area contributed by atoms with Crippen LogP contribution in [0.2, 0.25) is 5.02 Å². The molecule has 0 spiro atoms. The second kappa shape index (κ2) is 4.87. The fraction of sp³-hybridized carbons (Fsp3) is 0.267. The van der Waals surface area contributed by atoms with E-state index in [-0.39, 0.29) is 24.2 Å². The molecule has 0 aliphatic carbocycles. The number of hydrogen-bond donors (Lipinski definition) is 0. The monoisotopic (exact) mass is 288 g/mol. The van der Waals surface area contributed by atoms with Crippen molar-refractivity contribution >= 4 is 34.3 Å². The molecule has 0 radical (unpaired) electrons. The summed E-state index contributed by atoms with van der Waals surface area (Å²) in [7, 11) is 1.52. The summed E-state index contributed by atoms with van der Waals surface area (Å²) in [6.07, 6.45) is 2.40. The number of amides is 2. The minimum atomic E-state index is -0.336. The highest BCUT2D eigenvalue weighted by Gasteiger charge is 2.36. The van der Waals surface area contributed by atoms with Gasteiger partial charge in [0.25, 0.3) is 0 Å². The highest BCUT2D eigenvalue weighted by Crippen LogP contribution is 2.30. The van der Waals surface area contributed by atoms with E-state index in [0.717, 1.165) is 16.5 Å². The van der Waals surface area contributed by atoms with Gasteiger partial charge in [0, 0.05) is 30.1 Å². The Hall–Kier alpha value is -1.94. The lowest BCUT2D eigenvalue weighted by molar-refractivity contribution is -0.137. The van der Waals surface area contributed by atoms with Gasteiger partial charge in [0.1, 0.15) is 0 Å². The first kappa shape index (κ1) is 13.1. The molecular weight excluding hydrogens is 276 g/mol. The van der Waals surface area contributed by atoms with Crippen LogP contribution in [0.4, 0.5) is 0 Å². The summed E-state index contributed by atoms with van der Waals surface area (Å²) in [5.74, 6) is -0.610. The second-order valence-corrected chi connectivity index (χ2v) is 5.40. The van der Waals surface area contributed by atoms with Crippen LogP contribution >= 0.6 is 11.6 Å². The van der Waals surface area contributed by atoms with Gasteiger partial charge in [-0.1, -0.05) is 23.7 Å². The number of imide groups is 1. The summed E-state index contributed by atoms with van der Waals surface area (Å²) in [4.78, 5) is 29.1. The molecule has 3 rings (SSSR count). The Labute approximate surface area is 121 Å². The summed E-state index contributed by atoms with van der Waals surface area (Å²) in [5.41, 5.74) is 1.64. The van der Waals surface area contributed by atoms with E-state index in [9.17, 15) is 9.59 Å². The van der Waals surface area contributed by atoms with Crippen LogP contribution < -0.4 is 0 Å². The van der Waals surface area contributed by atoms with Crippen molar-refractivity contribution in [1.82, 2.24) is 9.88 Å². The third-order valence-electron chi connectivity index (χ3n) is 3.75. The van der Waals surface area contributed by atoms with Gasteiger partial charge < -0.3 is 0 Å². The van der Waals surface area contributed by atoms with Crippen molar-refractivity contribution in [1.29, 1.82) is 0 Å². The summed E-state index contributed by atoms with van der Waals surface area (Å²) < 4.78 is 0. The predicted molar refractivity (Wildman–Crippen MR) is 76.3 cm³/mol. The number of likely N-dealkylation sites (tertiary alicyclic amines) is 1. The number of benzene rings is 1. The zero-order chi connectivity index (χ0) is 14.3. The van der Waals surface area contributed by atoms with Gasteiger partial charge in [-0.15, -0.1) is 0 Å². The van der Waals surface area contributed by atoms with E-state index in [1.54, 1.807) is 6.20 Å². The smallest absolute Gasteiger partial charge is 0.232 e. The summed E-state index contributed by atoms with van der Waals surface area (Å²) in [6.45, 7) is 0. The van der Waals surface area contributed by atoms with Gasteiger partial charge in [-0.2, -0.15) is 0 Å². The molecule has 2 amide bonds. The van der Waals surface area contributed by atoms with Crippen LogP contribution in [0.5, 0.6) is 0 Å². The van der Waals surface area contributed by atoms with Crippen molar-refractivity contribution in [3.05, 3.63) is 41.0 Å². The van der Waals surface area contributed by atoms with Gasteiger partial charge in [-0.25, -0.2) is 0 Å². The molecule has 1 atom stereocenters. The predicted octanol–water partition coefficient (Wildman–Crippen LogP) is 2.44. The molecule has 1 aliphatic rings. The zero-order valence-electron chi connectivity index (χ0n) is 11.0. The maximum absolute atomic E-state index is 12.0. The number of rotatable bonds is 2. The molecule has 2 heterocycles. The standard InChI is InChI=1S/C15H13ClN2O2/c1-18-13(19)8-10(15(18)20)7-11-12(16)5-4-9-3-2-6-17-14(9)11/h2-6,10H,7-8H2,1H3. The van der Waals surface area contributed by atoms with E-state index in [1.807, 2.05) is 24.3 Å². The maximum atomic E-state index is 12.0. The molecule has 1 aliphatic heterocycles. The van der Waals surface area contributed by atoms with Gasteiger partial charge in [0.05, 0.1) is 11.4 Å². The lowest BCUT2D eigenvalue weighted by Gasteiger charge is -2.12. The quantitative estimate of drug-likeness (QED) is 0.798. The molecular formula is C15H13ClN2O2. The van der Waals surface area contributed by atoms with E-state index < -0.39 is 0 Å². The Morgan fingerprint density at radius 2 is 2.15 bits per heavy atom. The summed E-state index contributed by atoms with van der Waals surface area (Å²) >= 11 is 6.25. The van der Waals surface area contributed by atoms with Crippen LogP contribution in [0, 0.1) is 5.92 Å². The number of carbonyl (C=O) groups is 2. The van der Waals surface area contributed by atoms with Gasteiger partial charge in [0.15, 0.2) is 0 Å². The Balaban J connectivity index is 2.01. The number of halogens is 1. The average molecular weight is 289 g/mol. The van der Waals surface area contributed by atoms with Gasteiger partial charge in [0.2, 0.25) is 11.8 Å². The zero-order valence-corrected chi connectivity index (χ0v) is 11.7. The largest absolute Gasteiger partial charge is 0.285 e. The summed E-state index contributed by atoms with van der Waals surface area (Å²) in [6, 6.07) is 7.53. The lowest BCUT2D eigenvalue weighted by atomic mass is 9.96. The third-order valence-corrected chi connectivity index (χ3v) is 4.10. The van der Waals surface area contributed by atoms with E-state index in [0.29, 0.717) is 11.4 Å².